The number of anilines is 1. The van der Waals surface area contributed by atoms with Crippen LogP contribution in [0.15, 0.2) is 82.6 Å². The summed E-state index contributed by atoms with van der Waals surface area (Å²) in [5, 5.41) is 15.7. The van der Waals surface area contributed by atoms with E-state index < -0.39 is 4.92 Å². The van der Waals surface area contributed by atoms with Crippen molar-refractivity contribution in [1.82, 2.24) is 4.98 Å². The largest absolute Gasteiger partial charge is 0.457 e. The van der Waals surface area contributed by atoms with E-state index in [0.717, 1.165) is 11.3 Å². The number of amides is 1. The van der Waals surface area contributed by atoms with Gasteiger partial charge in [0, 0.05) is 34.7 Å². The van der Waals surface area contributed by atoms with Crippen molar-refractivity contribution in [2.24, 2.45) is 0 Å². The Morgan fingerprint density at radius 2 is 1.87 bits per heavy atom. The maximum absolute atomic E-state index is 12.2. The first-order valence-electron chi connectivity index (χ1n) is 8.93. The molecule has 1 N–H and O–H groups in total. The van der Waals surface area contributed by atoms with Crippen LogP contribution in [-0.4, -0.2) is 15.8 Å². The van der Waals surface area contributed by atoms with Crippen molar-refractivity contribution < 1.29 is 14.1 Å². The number of nitrogens with zero attached hydrogens (tertiary/aromatic N) is 2. The van der Waals surface area contributed by atoms with Crippen molar-refractivity contribution in [2.75, 3.05) is 5.32 Å². The minimum atomic E-state index is -0.457. The predicted octanol–water partition coefficient (Wildman–Crippen LogP) is 5.63. The summed E-state index contributed by atoms with van der Waals surface area (Å²) in [4.78, 5) is 27.0. The molecule has 0 bridgehead atoms. The zero-order valence-electron chi connectivity index (χ0n) is 15.5. The smallest absolute Gasteiger partial charge is 0.270 e. The van der Waals surface area contributed by atoms with Gasteiger partial charge in [0.25, 0.3) is 5.69 Å². The summed E-state index contributed by atoms with van der Waals surface area (Å²) in [5.74, 6) is 0.921. The molecule has 2 aromatic carbocycles. The van der Waals surface area contributed by atoms with E-state index in [1.165, 1.54) is 29.5 Å². The maximum atomic E-state index is 12.2. The van der Waals surface area contributed by atoms with Crippen LogP contribution in [-0.2, 0) is 4.79 Å². The molecule has 0 radical (unpaired) electrons. The molecule has 4 rings (SSSR count). The molecule has 0 spiro atoms. The minimum Gasteiger partial charge on any atom is -0.457 e. The van der Waals surface area contributed by atoms with E-state index in [2.05, 4.69) is 10.3 Å². The number of thiazole rings is 1. The topological polar surface area (TPSA) is 98.3 Å². The lowest BCUT2D eigenvalue weighted by Gasteiger charge is -1.98. The fourth-order valence-electron chi connectivity index (χ4n) is 2.75. The Morgan fingerprint density at radius 3 is 2.67 bits per heavy atom. The summed E-state index contributed by atoms with van der Waals surface area (Å²) >= 11 is 1.24. The molecular weight excluding hydrogens is 402 g/mol. The van der Waals surface area contributed by atoms with Crippen LogP contribution >= 0.6 is 11.3 Å². The first kappa shape index (κ1) is 19.3. The zero-order valence-corrected chi connectivity index (χ0v) is 16.3. The summed E-state index contributed by atoms with van der Waals surface area (Å²) < 4.78 is 5.73. The van der Waals surface area contributed by atoms with Gasteiger partial charge < -0.3 is 4.42 Å². The number of hydrogen-bond acceptors (Lipinski definition) is 6. The van der Waals surface area contributed by atoms with Crippen molar-refractivity contribution in [1.29, 1.82) is 0 Å². The molecule has 0 fully saturated rings. The lowest BCUT2D eigenvalue weighted by Crippen LogP contribution is -2.07. The number of nitrogens with one attached hydrogen (secondary N) is 1. The summed E-state index contributed by atoms with van der Waals surface area (Å²) in [6.07, 6.45) is 2.94. The Bertz CT molecular complexity index is 1230. The van der Waals surface area contributed by atoms with Gasteiger partial charge in [-0.1, -0.05) is 42.5 Å². The Labute approximate surface area is 175 Å². The second-order valence-electron chi connectivity index (χ2n) is 6.24. The molecule has 2 aromatic heterocycles. The molecule has 7 nitrogen and oxygen atoms in total. The molecule has 0 atom stereocenters. The van der Waals surface area contributed by atoms with Crippen molar-refractivity contribution >= 4 is 34.1 Å². The van der Waals surface area contributed by atoms with E-state index in [0.29, 0.717) is 22.1 Å². The highest BCUT2D eigenvalue weighted by Crippen LogP contribution is 2.27. The van der Waals surface area contributed by atoms with Crippen LogP contribution in [0.25, 0.3) is 28.7 Å². The van der Waals surface area contributed by atoms with Crippen LogP contribution in [0.1, 0.15) is 5.76 Å². The fourth-order valence-corrected chi connectivity index (χ4v) is 3.47. The molecule has 0 saturated heterocycles. The molecule has 0 aliphatic rings. The lowest BCUT2D eigenvalue weighted by molar-refractivity contribution is -0.384. The molecule has 30 heavy (non-hydrogen) atoms. The average molecular weight is 417 g/mol. The van der Waals surface area contributed by atoms with Gasteiger partial charge in [0.1, 0.15) is 11.5 Å². The molecule has 0 unspecified atom stereocenters. The van der Waals surface area contributed by atoms with Gasteiger partial charge in [0.15, 0.2) is 5.13 Å². The van der Waals surface area contributed by atoms with Gasteiger partial charge in [0.05, 0.1) is 10.6 Å². The van der Waals surface area contributed by atoms with Crippen LogP contribution in [0.5, 0.6) is 0 Å². The van der Waals surface area contributed by atoms with Crippen LogP contribution in [0.4, 0.5) is 10.8 Å². The van der Waals surface area contributed by atoms with E-state index in [9.17, 15) is 14.9 Å². The molecule has 0 aliphatic carbocycles. The number of rotatable bonds is 6. The van der Waals surface area contributed by atoms with E-state index in [4.69, 9.17) is 4.42 Å². The van der Waals surface area contributed by atoms with Crippen LogP contribution in [0.2, 0.25) is 0 Å². The maximum Gasteiger partial charge on any atom is 0.270 e. The standard InChI is InChI=1S/C22H15N3O4S/c26-21(12-10-18-9-11-20(29-18)15-5-2-1-3-6-15)24-22-23-19(14-30-22)16-7-4-8-17(13-16)25(27)28/h1-14H,(H,23,24,26)/b12-10+. The second-order valence-corrected chi connectivity index (χ2v) is 7.09. The normalized spacial score (nSPS) is 10.9. The molecule has 1 amide bonds. The Kier molecular flexibility index (Phi) is 5.49. The second kappa shape index (κ2) is 8.54. The van der Waals surface area contributed by atoms with Gasteiger partial charge in [0.2, 0.25) is 5.91 Å². The Morgan fingerprint density at radius 1 is 1.07 bits per heavy atom. The SMILES string of the molecule is O=C(/C=C/c1ccc(-c2ccccc2)o1)Nc1nc(-c2cccc([N+](=O)[O-])c2)cs1. The number of aromatic nitrogens is 1. The van der Waals surface area contributed by atoms with Gasteiger partial charge in [-0.2, -0.15) is 0 Å². The van der Waals surface area contributed by atoms with Crippen molar-refractivity contribution in [3.63, 3.8) is 0 Å². The number of non-ortho nitro benzene ring substituents is 1. The fraction of sp³-hybridized carbons (Fsp3) is 0. The quantitative estimate of drug-likeness (QED) is 0.249. The average Bonchev–Trinajstić information content (AvgIpc) is 3.43. The molecule has 148 valence electrons. The predicted molar refractivity (Wildman–Crippen MR) is 116 cm³/mol. The van der Waals surface area contributed by atoms with Crippen molar-refractivity contribution in [2.45, 2.75) is 0 Å². The first-order chi connectivity index (χ1) is 14.6. The third kappa shape index (κ3) is 4.50. The summed E-state index contributed by atoms with van der Waals surface area (Å²) in [6, 6.07) is 19.5. The van der Waals surface area contributed by atoms with Gasteiger partial charge in [-0.15, -0.1) is 11.3 Å². The zero-order chi connectivity index (χ0) is 20.9. The van der Waals surface area contributed by atoms with Gasteiger partial charge >= 0.3 is 0 Å². The highest BCUT2D eigenvalue weighted by atomic mass is 32.1. The van der Waals surface area contributed by atoms with Crippen LogP contribution in [0, 0.1) is 10.1 Å². The molecule has 2 heterocycles. The first-order valence-corrected chi connectivity index (χ1v) is 9.81. The highest BCUT2D eigenvalue weighted by molar-refractivity contribution is 7.14. The number of carbonyl (C=O) groups is 1. The van der Waals surface area contributed by atoms with E-state index in [1.54, 1.807) is 29.7 Å². The van der Waals surface area contributed by atoms with Gasteiger partial charge in [-0.05, 0) is 18.2 Å². The highest BCUT2D eigenvalue weighted by Gasteiger charge is 2.11. The third-order valence-electron chi connectivity index (χ3n) is 4.17. The van der Waals surface area contributed by atoms with Gasteiger partial charge in [-0.3, -0.25) is 20.2 Å². The summed E-state index contributed by atoms with van der Waals surface area (Å²) in [5.41, 5.74) is 2.11. The van der Waals surface area contributed by atoms with E-state index >= 15 is 0 Å². The molecular formula is C22H15N3O4S. The number of nitro benzene ring substituents is 1. The number of hydrogen-bond donors (Lipinski definition) is 1. The molecule has 8 heteroatoms. The minimum absolute atomic E-state index is 0.0117. The van der Waals surface area contributed by atoms with Crippen LogP contribution in [0.3, 0.4) is 0 Å². The van der Waals surface area contributed by atoms with E-state index in [1.807, 2.05) is 36.4 Å². The monoisotopic (exact) mass is 417 g/mol. The molecule has 4 aromatic rings. The van der Waals surface area contributed by atoms with Gasteiger partial charge in [-0.25, -0.2) is 4.98 Å². The third-order valence-corrected chi connectivity index (χ3v) is 4.93. The Hall–Kier alpha value is -4.04. The van der Waals surface area contributed by atoms with Crippen molar-refractivity contribution in [3.05, 3.63) is 94.1 Å². The van der Waals surface area contributed by atoms with Crippen LogP contribution < -0.4 is 5.32 Å². The summed E-state index contributed by atoms with van der Waals surface area (Å²) in [6.45, 7) is 0. The number of nitro groups is 1. The molecule has 0 saturated carbocycles. The number of furan rings is 1. The number of benzene rings is 2. The summed E-state index contributed by atoms with van der Waals surface area (Å²) in [7, 11) is 0. The number of carbonyl (C=O) groups excluding carboxylic acids is 1. The molecule has 0 aliphatic heterocycles. The van der Waals surface area contributed by atoms with Crippen molar-refractivity contribution in [3.8, 4) is 22.6 Å². The Balaban J connectivity index is 1.41. The lowest BCUT2D eigenvalue weighted by atomic mass is 10.1. The van der Waals surface area contributed by atoms with E-state index in [-0.39, 0.29) is 11.6 Å².